The van der Waals surface area contributed by atoms with Gasteiger partial charge in [0.1, 0.15) is 0 Å². The Kier molecular flexibility index (Phi) is 5.36. The second-order valence-corrected chi connectivity index (χ2v) is 8.30. The number of rotatable bonds is 5. The number of halogens is 1. The van der Waals surface area contributed by atoms with Gasteiger partial charge in [-0.2, -0.15) is 0 Å². The largest absolute Gasteiger partial charge is 0.325 e. The summed E-state index contributed by atoms with van der Waals surface area (Å²) in [5.41, 5.74) is 2.52. The number of benzene rings is 2. The number of carbonyl (C=O) groups is 1. The van der Waals surface area contributed by atoms with Crippen molar-refractivity contribution >= 4 is 66.5 Å². The second kappa shape index (κ2) is 7.51. The molecule has 6 nitrogen and oxygen atoms in total. The van der Waals surface area contributed by atoms with Gasteiger partial charge >= 0.3 is 0 Å². The number of nitrogens with zero attached hydrogens (tertiary/aromatic N) is 2. The lowest BCUT2D eigenvalue weighted by Crippen LogP contribution is -2.13. The summed E-state index contributed by atoms with van der Waals surface area (Å²) in [4.78, 5) is 26.9. The van der Waals surface area contributed by atoms with Crippen LogP contribution in [-0.4, -0.2) is 21.6 Å². The number of thiazole rings is 1. The number of anilines is 1. The molecule has 1 aromatic heterocycles. The minimum atomic E-state index is -0.431. The summed E-state index contributed by atoms with van der Waals surface area (Å²) in [7, 11) is 0. The van der Waals surface area contributed by atoms with E-state index in [2.05, 4.69) is 26.2 Å². The van der Waals surface area contributed by atoms with Crippen LogP contribution in [0.2, 0.25) is 0 Å². The maximum Gasteiger partial charge on any atom is 0.270 e. The van der Waals surface area contributed by atoms with Crippen LogP contribution in [-0.2, 0) is 4.79 Å². The number of nitro benzene ring substituents is 1. The van der Waals surface area contributed by atoms with Crippen molar-refractivity contribution in [3.8, 4) is 0 Å². The number of amides is 1. The number of nitrogens with one attached hydrogen (secondary N) is 1. The molecule has 1 N–H and O–H groups in total. The van der Waals surface area contributed by atoms with Crippen LogP contribution in [0.1, 0.15) is 5.56 Å². The van der Waals surface area contributed by atoms with Crippen LogP contribution in [0.15, 0.2) is 45.2 Å². The molecule has 9 heteroatoms. The average Bonchev–Trinajstić information content (AvgIpc) is 2.98. The zero-order valence-electron chi connectivity index (χ0n) is 13.0. The second-order valence-electron chi connectivity index (χ2n) is 5.19. The zero-order chi connectivity index (χ0) is 18.0. The minimum absolute atomic E-state index is 0.0380. The molecule has 0 saturated heterocycles. The third kappa shape index (κ3) is 4.36. The molecule has 3 rings (SSSR count). The standard InChI is InChI=1S/C16H12BrN3O3S2/c1-9-6-10(2-4-12(9)17)18-15(21)8-24-16-19-13-5-3-11(20(22)23)7-14(13)25-16/h2-7H,8H2,1H3,(H,18,21). The van der Waals surface area contributed by atoms with Crippen LogP contribution < -0.4 is 5.32 Å². The van der Waals surface area contributed by atoms with Gasteiger partial charge in [-0.15, -0.1) is 11.3 Å². The molecule has 2 aromatic carbocycles. The van der Waals surface area contributed by atoms with Crippen LogP contribution in [0.25, 0.3) is 10.2 Å². The van der Waals surface area contributed by atoms with E-state index >= 15 is 0 Å². The first-order chi connectivity index (χ1) is 11.9. The molecule has 0 fully saturated rings. The molecule has 0 aliphatic carbocycles. The summed E-state index contributed by atoms with van der Waals surface area (Å²) < 4.78 is 2.43. The SMILES string of the molecule is Cc1cc(NC(=O)CSc2nc3ccc([N+](=O)[O-])cc3s2)ccc1Br. The van der Waals surface area contributed by atoms with E-state index < -0.39 is 4.92 Å². The van der Waals surface area contributed by atoms with E-state index in [1.807, 2.05) is 25.1 Å². The Morgan fingerprint density at radius 3 is 2.88 bits per heavy atom. The molecule has 1 amide bonds. The molecule has 0 bridgehead atoms. The van der Waals surface area contributed by atoms with Crippen molar-refractivity contribution in [1.29, 1.82) is 0 Å². The van der Waals surface area contributed by atoms with Crippen LogP contribution in [0, 0.1) is 17.0 Å². The summed E-state index contributed by atoms with van der Waals surface area (Å²) >= 11 is 6.08. The quantitative estimate of drug-likeness (QED) is 0.344. The monoisotopic (exact) mass is 437 g/mol. The number of aromatic nitrogens is 1. The van der Waals surface area contributed by atoms with E-state index in [-0.39, 0.29) is 17.3 Å². The molecular weight excluding hydrogens is 426 g/mol. The topological polar surface area (TPSA) is 85.1 Å². The molecule has 0 spiro atoms. The normalized spacial score (nSPS) is 10.8. The van der Waals surface area contributed by atoms with E-state index in [9.17, 15) is 14.9 Å². The highest BCUT2D eigenvalue weighted by Crippen LogP contribution is 2.31. The summed E-state index contributed by atoms with van der Waals surface area (Å²) in [6, 6.07) is 10.2. The number of hydrogen-bond donors (Lipinski definition) is 1. The zero-order valence-corrected chi connectivity index (χ0v) is 16.2. The third-order valence-electron chi connectivity index (χ3n) is 3.33. The van der Waals surface area contributed by atoms with Crippen molar-refractivity contribution < 1.29 is 9.72 Å². The Morgan fingerprint density at radius 1 is 1.36 bits per heavy atom. The maximum atomic E-state index is 12.1. The van der Waals surface area contributed by atoms with Gasteiger partial charge in [0.05, 0.1) is 20.9 Å². The Labute approximate surface area is 159 Å². The first kappa shape index (κ1) is 17.8. The van der Waals surface area contributed by atoms with Crippen molar-refractivity contribution in [2.24, 2.45) is 0 Å². The summed E-state index contributed by atoms with van der Waals surface area (Å²) in [5, 5.41) is 13.7. The van der Waals surface area contributed by atoms with E-state index in [1.165, 1.54) is 35.2 Å². The number of fused-ring (bicyclic) bond motifs is 1. The fraction of sp³-hybridized carbons (Fsp3) is 0.125. The van der Waals surface area contributed by atoms with Crippen molar-refractivity contribution in [1.82, 2.24) is 4.98 Å². The van der Waals surface area contributed by atoms with Gasteiger partial charge in [-0.1, -0.05) is 27.7 Å². The molecule has 25 heavy (non-hydrogen) atoms. The molecular formula is C16H12BrN3O3S2. The smallest absolute Gasteiger partial charge is 0.270 e. The summed E-state index contributed by atoms with van der Waals surface area (Å²) in [5.74, 6) is 0.0915. The highest BCUT2D eigenvalue weighted by molar-refractivity contribution is 9.10. The number of carbonyl (C=O) groups excluding carboxylic acids is 1. The Hall–Kier alpha value is -1.97. The third-order valence-corrected chi connectivity index (χ3v) is 6.38. The fourth-order valence-corrected chi connectivity index (χ4v) is 4.26. The Balaban J connectivity index is 1.64. The first-order valence-electron chi connectivity index (χ1n) is 7.16. The van der Waals surface area contributed by atoms with Gasteiger partial charge in [-0.25, -0.2) is 4.98 Å². The van der Waals surface area contributed by atoms with Crippen molar-refractivity contribution in [2.45, 2.75) is 11.3 Å². The maximum absolute atomic E-state index is 12.1. The lowest BCUT2D eigenvalue weighted by molar-refractivity contribution is -0.384. The van der Waals surface area contributed by atoms with E-state index in [1.54, 1.807) is 6.07 Å². The van der Waals surface area contributed by atoms with Crippen molar-refractivity contribution in [3.63, 3.8) is 0 Å². The van der Waals surface area contributed by atoms with Crippen LogP contribution >= 0.6 is 39.0 Å². The highest BCUT2D eigenvalue weighted by Gasteiger charge is 2.12. The molecule has 0 aliphatic rings. The van der Waals surface area contributed by atoms with Gasteiger partial charge in [-0.3, -0.25) is 14.9 Å². The fourth-order valence-electron chi connectivity index (χ4n) is 2.11. The average molecular weight is 438 g/mol. The van der Waals surface area contributed by atoms with Crippen molar-refractivity contribution in [2.75, 3.05) is 11.1 Å². The minimum Gasteiger partial charge on any atom is -0.325 e. The number of nitro groups is 1. The van der Waals surface area contributed by atoms with Gasteiger partial charge in [0.15, 0.2) is 4.34 Å². The highest BCUT2D eigenvalue weighted by atomic mass is 79.9. The lowest BCUT2D eigenvalue weighted by Gasteiger charge is -2.06. The predicted molar refractivity (Wildman–Crippen MR) is 105 cm³/mol. The molecule has 0 atom stereocenters. The number of thioether (sulfide) groups is 1. The van der Waals surface area contributed by atoms with Gasteiger partial charge in [0.25, 0.3) is 5.69 Å². The number of aryl methyl sites for hydroxylation is 1. The number of non-ortho nitro benzene ring substituents is 1. The first-order valence-corrected chi connectivity index (χ1v) is 9.75. The Bertz CT molecular complexity index is 974. The van der Waals surface area contributed by atoms with Gasteiger partial charge in [-0.05, 0) is 36.8 Å². The molecule has 1 heterocycles. The van der Waals surface area contributed by atoms with Crippen LogP contribution in [0.3, 0.4) is 0 Å². The summed E-state index contributed by atoms with van der Waals surface area (Å²) in [6.07, 6.45) is 0. The molecule has 0 saturated carbocycles. The van der Waals surface area contributed by atoms with Gasteiger partial charge in [0, 0.05) is 22.3 Å². The van der Waals surface area contributed by atoms with Crippen LogP contribution in [0.4, 0.5) is 11.4 Å². The molecule has 0 aliphatic heterocycles. The summed E-state index contributed by atoms with van der Waals surface area (Å²) in [6.45, 7) is 1.95. The number of hydrogen-bond acceptors (Lipinski definition) is 6. The van der Waals surface area contributed by atoms with E-state index in [0.717, 1.165) is 20.4 Å². The lowest BCUT2D eigenvalue weighted by atomic mass is 10.2. The Morgan fingerprint density at radius 2 is 2.16 bits per heavy atom. The van der Waals surface area contributed by atoms with E-state index in [0.29, 0.717) is 9.86 Å². The molecule has 128 valence electrons. The van der Waals surface area contributed by atoms with Gasteiger partial charge < -0.3 is 5.32 Å². The molecule has 0 radical (unpaired) electrons. The van der Waals surface area contributed by atoms with Crippen LogP contribution in [0.5, 0.6) is 0 Å². The van der Waals surface area contributed by atoms with E-state index in [4.69, 9.17) is 0 Å². The molecule has 3 aromatic rings. The molecule has 0 unspecified atom stereocenters. The predicted octanol–water partition coefficient (Wildman–Crippen LogP) is 5.01. The van der Waals surface area contributed by atoms with Crippen molar-refractivity contribution in [3.05, 3.63) is 56.5 Å². The van der Waals surface area contributed by atoms with Gasteiger partial charge in [0.2, 0.25) is 5.91 Å².